The van der Waals surface area contributed by atoms with E-state index in [-0.39, 0.29) is 10.3 Å². The lowest BCUT2D eigenvalue weighted by molar-refractivity contribution is 0.544. The average molecular weight is 395 g/mol. The molecule has 4 N–H and O–H groups in total. The molecule has 0 bridgehead atoms. The third kappa shape index (κ3) is 3.12. The lowest BCUT2D eigenvalue weighted by atomic mass is 9.84. The molecule has 0 aliphatic heterocycles. The molecule has 7 heteroatoms. The summed E-state index contributed by atoms with van der Waals surface area (Å²) in [6.07, 6.45) is 3.53. The molecule has 0 amide bonds. The van der Waals surface area contributed by atoms with E-state index in [2.05, 4.69) is 28.5 Å². The summed E-state index contributed by atoms with van der Waals surface area (Å²) in [5.41, 5.74) is 8.63. The zero-order valence-corrected chi connectivity index (χ0v) is 16.5. The van der Waals surface area contributed by atoms with Crippen LogP contribution in [0.4, 0.5) is 5.69 Å². The van der Waals surface area contributed by atoms with Gasteiger partial charge in [-0.3, -0.25) is 9.71 Å². The number of benzene rings is 2. The Hall–Kier alpha value is -2.90. The molecule has 0 radical (unpaired) electrons. The topological polar surface area (TPSA) is 101 Å². The van der Waals surface area contributed by atoms with Gasteiger partial charge < -0.3 is 10.7 Å². The Morgan fingerprint density at radius 3 is 2.71 bits per heavy atom. The van der Waals surface area contributed by atoms with Crippen LogP contribution in [0.3, 0.4) is 0 Å². The molecular formula is C21H22N4O2S. The molecule has 4 aromatic rings. The predicted octanol–water partition coefficient (Wildman–Crippen LogP) is 3.75. The molecule has 0 atom stereocenters. The number of H-pyrrole nitrogens is 1. The summed E-state index contributed by atoms with van der Waals surface area (Å²) in [4.78, 5) is 7.64. The second kappa shape index (κ2) is 6.61. The molecule has 0 fully saturated rings. The molecule has 0 unspecified atom stereocenters. The van der Waals surface area contributed by atoms with Gasteiger partial charge in [0.15, 0.2) is 0 Å². The fourth-order valence-electron chi connectivity index (χ4n) is 3.36. The molecule has 4 rings (SSSR count). The van der Waals surface area contributed by atoms with Gasteiger partial charge in [-0.2, -0.15) is 0 Å². The molecule has 0 spiro atoms. The third-order valence-electron chi connectivity index (χ3n) is 5.06. The van der Waals surface area contributed by atoms with Crippen molar-refractivity contribution < 1.29 is 8.42 Å². The summed E-state index contributed by atoms with van der Waals surface area (Å²) >= 11 is 0. The van der Waals surface area contributed by atoms with Crippen LogP contribution in [0.15, 0.2) is 65.8 Å². The maximum Gasteiger partial charge on any atom is 0.264 e. The van der Waals surface area contributed by atoms with Crippen molar-refractivity contribution in [2.45, 2.75) is 24.2 Å². The Morgan fingerprint density at radius 1 is 1.14 bits per heavy atom. The van der Waals surface area contributed by atoms with Crippen molar-refractivity contribution in [2.24, 2.45) is 5.73 Å². The number of aromatic amines is 1. The molecule has 144 valence electrons. The van der Waals surface area contributed by atoms with Gasteiger partial charge >= 0.3 is 0 Å². The predicted molar refractivity (Wildman–Crippen MR) is 113 cm³/mol. The molecule has 2 heterocycles. The highest BCUT2D eigenvalue weighted by Gasteiger charge is 2.23. The monoisotopic (exact) mass is 394 g/mol. The number of fused-ring (bicyclic) bond motifs is 2. The molecule has 0 aliphatic carbocycles. The van der Waals surface area contributed by atoms with E-state index in [0.29, 0.717) is 17.7 Å². The zero-order valence-electron chi connectivity index (χ0n) is 15.7. The molecule has 0 saturated carbocycles. The summed E-state index contributed by atoms with van der Waals surface area (Å²) in [7, 11) is -3.79. The van der Waals surface area contributed by atoms with Crippen LogP contribution < -0.4 is 10.5 Å². The van der Waals surface area contributed by atoms with Crippen LogP contribution in [0.1, 0.15) is 19.4 Å². The van der Waals surface area contributed by atoms with Crippen LogP contribution in [-0.2, 0) is 15.4 Å². The van der Waals surface area contributed by atoms with Crippen molar-refractivity contribution in [3.8, 4) is 0 Å². The van der Waals surface area contributed by atoms with E-state index in [1.807, 2.05) is 30.5 Å². The van der Waals surface area contributed by atoms with Crippen LogP contribution in [0.5, 0.6) is 0 Å². The number of nitrogens with two attached hydrogens (primary N) is 1. The summed E-state index contributed by atoms with van der Waals surface area (Å²) in [6.45, 7) is 4.61. The van der Waals surface area contributed by atoms with Crippen molar-refractivity contribution in [2.75, 3.05) is 11.3 Å². The molecule has 2 aromatic carbocycles. The molecule has 28 heavy (non-hydrogen) atoms. The van der Waals surface area contributed by atoms with Crippen molar-refractivity contribution in [1.82, 2.24) is 9.97 Å². The Kier molecular flexibility index (Phi) is 4.36. The quantitative estimate of drug-likeness (QED) is 0.480. The second-order valence-electron chi connectivity index (χ2n) is 7.49. The summed E-state index contributed by atoms with van der Waals surface area (Å²) in [5.74, 6) is 0. The van der Waals surface area contributed by atoms with Gasteiger partial charge in [0.2, 0.25) is 0 Å². The van der Waals surface area contributed by atoms with Gasteiger partial charge in [-0.15, -0.1) is 0 Å². The SMILES string of the molecule is CC(C)(CN)c1c[nH]c2ccc(NS(=O)(=O)c3cccc4cccnc34)cc12. The first-order valence-corrected chi connectivity index (χ1v) is 10.5. The third-order valence-corrected chi connectivity index (χ3v) is 6.47. The molecule has 2 aromatic heterocycles. The number of pyridine rings is 1. The van der Waals surface area contributed by atoms with Crippen molar-refractivity contribution >= 4 is 37.5 Å². The first-order valence-electron chi connectivity index (χ1n) is 9.00. The highest BCUT2D eigenvalue weighted by Crippen LogP contribution is 2.32. The number of anilines is 1. The van der Waals surface area contributed by atoms with E-state index in [1.54, 1.807) is 30.5 Å². The van der Waals surface area contributed by atoms with E-state index in [0.717, 1.165) is 21.9 Å². The summed E-state index contributed by atoms with van der Waals surface area (Å²) in [6, 6.07) is 14.2. The first kappa shape index (κ1) is 18.5. The lowest BCUT2D eigenvalue weighted by Gasteiger charge is -2.22. The number of para-hydroxylation sites is 1. The van der Waals surface area contributed by atoms with Gasteiger partial charge in [0.05, 0.1) is 5.52 Å². The number of hydrogen-bond donors (Lipinski definition) is 3. The fourth-order valence-corrected chi connectivity index (χ4v) is 4.59. The van der Waals surface area contributed by atoms with Crippen molar-refractivity contribution in [1.29, 1.82) is 0 Å². The Morgan fingerprint density at radius 2 is 1.93 bits per heavy atom. The highest BCUT2D eigenvalue weighted by molar-refractivity contribution is 7.93. The molecule has 0 saturated heterocycles. The van der Waals surface area contributed by atoms with Gasteiger partial charge in [0, 0.05) is 46.3 Å². The Bertz CT molecular complexity index is 1270. The lowest BCUT2D eigenvalue weighted by Crippen LogP contribution is -2.27. The summed E-state index contributed by atoms with van der Waals surface area (Å²) < 4.78 is 28.8. The zero-order chi connectivity index (χ0) is 19.9. The van der Waals surface area contributed by atoms with E-state index >= 15 is 0 Å². The van der Waals surface area contributed by atoms with Crippen LogP contribution >= 0.6 is 0 Å². The Balaban J connectivity index is 1.78. The highest BCUT2D eigenvalue weighted by atomic mass is 32.2. The Labute approximate surface area is 163 Å². The van der Waals surface area contributed by atoms with E-state index < -0.39 is 10.0 Å². The first-order chi connectivity index (χ1) is 13.3. The molecular weight excluding hydrogens is 372 g/mol. The average Bonchev–Trinajstić information content (AvgIpc) is 3.11. The normalized spacial score (nSPS) is 12.5. The minimum absolute atomic E-state index is 0.155. The number of nitrogens with zero attached hydrogens (tertiary/aromatic N) is 1. The van der Waals surface area contributed by atoms with Crippen LogP contribution in [-0.4, -0.2) is 24.9 Å². The van der Waals surface area contributed by atoms with Gasteiger partial charge in [-0.1, -0.05) is 32.0 Å². The minimum Gasteiger partial charge on any atom is -0.361 e. The fraction of sp³-hybridized carbons (Fsp3) is 0.190. The van der Waals surface area contributed by atoms with Gasteiger partial charge in [0.25, 0.3) is 10.0 Å². The van der Waals surface area contributed by atoms with Gasteiger partial charge in [-0.25, -0.2) is 8.42 Å². The number of aromatic nitrogens is 2. The van der Waals surface area contributed by atoms with Crippen molar-refractivity contribution in [3.05, 3.63) is 66.5 Å². The summed E-state index contributed by atoms with van der Waals surface area (Å²) in [5, 5.41) is 1.73. The molecule has 6 nitrogen and oxygen atoms in total. The smallest absolute Gasteiger partial charge is 0.264 e. The van der Waals surface area contributed by atoms with Crippen LogP contribution in [0.2, 0.25) is 0 Å². The number of hydrogen-bond acceptors (Lipinski definition) is 4. The van der Waals surface area contributed by atoms with E-state index in [4.69, 9.17) is 5.73 Å². The maximum absolute atomic E-state index is 13.0. The largest absolute Gasteiger partial charge is 0.361 e. The maximum atomic E-state index is 13.0. The minimum atomic E-state index is -3.79. The van der Waals surface area contributed by atoms with Crippen molar-refractivity contribution in [3.63, 3.8) is 0 Å². The van der Waals surface area contributed by atoms with Crippen LogP contribution in [0, 0.1) is 0 Å². The van der Waals surface area contributed by atoms with Gasteiger partial charge in [0.1, 0.15) is 4.90 Å². The number of nitrogens with one attached hydrogen (secondary N) is 2. The van der Waals surface area contributed by atoms with Gasteiger partial charge in [-0.05, 0) is 35.9 Å². The van der Waals surface area contributed by atoms with E-state index in [9.17, 15) is 8.42 Å². The standard InChI is InChI=1S/C21H22N4O2S/c1-21(2,13-22)17-12-24-18-9-8-15(11-16(17)18)25-28(26,27)19-7-3-5-14-6-4-10-23-20(14)19/h3-12,24-25H,13,22H2,1-2H3. The number of rotatable bonds is 5. The van der Waals surface area contributed by atoms with E-state index in [1.165, 1.54) is 0 Å². The second-order valence-corrected chi connectivity index (χ2v) is 9.14. The number of sulfonamides is 1. The molecule has 0 aliphatic rings. The van der Waals surface area contributed by atoms with Crippen LogP contribution in [0.25, 0.3) is 21.8 Å².